The molecular weight excluding hydrogens is 704 g/mol. The van der Waals surface area contributed by atoms with E-state index in [1.54, 1.807) is 18.3 Å². The van der Waals surface area contributed by atoms with Gasteiger partial charge in [0.05, 0.1) is 29.3 Å². The van der Waals surface area contributed by atoms with Crippen LogP contribution in [0, 0.1) is 5.82 Å². The average molecular weight is 750 g/mol. The van der Waals surface area contributed by atoms with Crippen LogP contribution in [-0.4, -0.2) is 104 Å². The number of carbonyl (C=O) groups is 1. The maximum atomic E-state index is 17.2. The summed E-state index contributed by atoms with van der Waals surface area (Å²) in [6.45, 7) is 8.71. The molecule has 0 aliphatic carbocycles. The summed E-state index contributed by atoms with van der Waals surface area (Å²) >= 11 is 6.87. The van der Waals surface area contributed by atoms with Crippen molar-refractivity contribution < 1.29 is 27.8 Å². The molecule has 3 unspecified atom stereocenters. The van der Waals surface area contributed by atoms with Crippen LogP contribution in [0.25, 0.3) is 32.9 Å². The number of hydrogen-bond donors (Lipinski definition) is 0. The van der Waals surface area contributed by atoms with Gasteiger partial charge in [-0.3, -0.25) is 9.80 Å². The van der Waals surface area contributed by atoms with Gasteiger partial charge in [-0.15, -0.1) is 0 Å². The SMILES string of the molecule is CC(C)(C)OC(=O)N1C2CCC1CN(c1nc(OC[C@@]34CCCN3C[C@H](F)C4)nc3c(F)c(-c4c(Cl)ccc5c4cnn5C4CCCCO4)ccc13)C2. The molecule has 5 atom stereocenters. The van der Waals surface area contributed by atoms with Crippen molar-refractivity contribution in [3.8, 4) is 17.1 Å². The molecule has 5 fully saturated rings. The largest absolute Gasteiger partial charge is 0.461 e. The molecule has 0 radical (unpaired) electrons. The minimum absolute atomic E-state index is 0.0422. The fourth-order valence-corrected chi connectivity index (χ4v) is 9.74. The summed E-state index contributed by atoms with van der Waals surface area (Å²) in [7, 11) is 0. The van der Waals surface area contributed by atoms with Gasteiger partial charge in [0.25, 0.3) is 0 Å². The highest BCUT2D eigenvalue weighted by Crippen LogP contribution is 2.44. The second-order valence-electron chi connectivity index (χ2n) is 16.5. The predicted octanol–water partition coefficient (Wildman–Crippen LogP) is 7.68. The highest BCUT2D eigenvalue weighted by Gasteiger charge is 2.50. The smallest absolute Gasteiger partial charge is 0.410 e. The summed E-state index contributed by atoms with van der Waals surface area (Å²) in [5.74, 6) is -0.00824. The minimum atomic E-state index is -0.912. The van der Waals surface area contributed by atoms with Crippen molar-refractivity contribution in [2.24, 2.45) is 0 Å². The summed E-state index contributed by atoms with van der Waals surface area (Å²) in [4.78, 5) is 29.1. The minimum Gasteiger partial charge on any atom is -0.461 e. The van der Waals surface area contributed by atoms with E-state index in [0.717, 1.165) is 57.0 Å². The van der Waals surface area contributed by atoms with Crippen LogP contribution in [0.5, 0.6) is 6.01 Å². The van der Waals surface area contributed by atoms with Crippen molar-refractivity contribution in [2.75, 3.05) is 44.3 Å². The van der Waals surface area contributed by atoms with Crippen LogP contribution in [0.1, 0.15) is 78.4 Å². The van der Waals surface area contributed by atoms with Gasteiger partial charge in [-0.05, 0) is 90.5 Å². The standard InChI is InChI=1S/C39H46ClF2N7O4/c1-38(2,3)53-37(50)48-24-8-9-25(48)21-46(20-24)35-27-11-10-26(32-28-18-43-49(30(28)13-12-29(32)40)31-7-4-5-16-51-31)33(42)34(27)44-36(45-35)52-22-39-14-6-15-47(39)19-23(41)17-39/h10-13,18,23-25,31H,4-9,14-17,19-22H2,1-3H3/t23-,24?,25?,31?,39+/m1/s1. The van der Waals surface area contributed by atoms with Crippen LogP contribution in [0.15, 0.2) is 30.5 Å². The number of nitrogens with zero attached hydrogens (tertiary/aromatic N) is 7. The van der Waals surface area contributed by atoms with Gasteiger partial charge >= 0.3 is 12.1 Å². The fourth-order valence-electron chi connectivity index (χ4n) is 9.48. The molecular formula is C39H46ClF2N7O4. The Labute approximate surface area is 312 Å². The van der Waals surface area contributed by atoms with E-state index in [1.165, 1.54) is 0 Å². The molecule has 4 aromatic rings. The molecule has 14 heteroatoms. The van der Waals surface area contributed by atoms with E-state index in [-0.39, 0.29) is 42.5 Å². The lowest BCUT2D eigenvalue weighted by molar-refractivity contribution is -0.0366. The van der Waals surface area contributed by atoms with Crippen LogP contribution in [0.4, 0.5) is 19.4 Å². The summed E-state index contributed by atoms with van der Waals surface area (Å²) in [5.41, 5.74) is 0.697. The Bertz CT molecular complexity index is 2060. The van der Waals surface area contributed by atoms with Crippen molar-refractivity contribution in [2.45, 2.75) is 108 Å². The van der Waals surface area contributed by atoms with Gasteiger partial charge in [-0.25, -0.2) is 18.3 Å². The second kappa shape index (κ2) is 13.2. The summed E-state index contributed by atoms with van der Waals surface area (Å²) < 4.78 is 51.9. The second-order valence-corrected chi connectivity index (χ2v) is 16.9. The molecule has 53 heavy (non-hydrogen) atoms. The van der Waals surface area contributed by atoms with Crippen LogP contribution < -0.4 is 9.64 Å². The average Bonchev–Trinajstić information content (AvgIpc) is 3.87. The monoisotopic (exact) mass is 749 g/mol. The molecule has 5 aliphatic heterocycles. The Morgan fingerprint density at radius 1 is 1.04 bits per heavy atom. The normalized spacial score (nSPS) is 27.6. The van der Waals surface area contributed by atoms with Gasteiger partial charge in [0.2, 0.25) is 0 Å². The number of benzene rings is 2. The molecule has 2 aromatic carbocycles. The highest BCUT2D eigenvalue weighted by molar-refractivity contribution is 6.35. The molecule has 0 spiro atoms. The first kappa shape index (κ1) is 34.9. The zero-order valence-electron chi connectivity index (χ0n) is 30.5. The van der Waals surface area contributed by atoms with Crippen molar-refractivity contribution >= 4 is 45.3 Å². The van der Waals surface area contributed by atoms with Crippen LogP contribution >= 0.6 is 11.6 Å². The summed E-state index contributed by atoms with van der Waals surface area (Å²) in [6.07, 6.45) is 7.06. The number of hydrogen-bond acceptors (Lipinski definition) is 9. The van der Waals surface area contributed by atoms with Crippen LogP contribution in [0.2, 0.25) is 5.02 Å². The highest BCUT2D eigenvalue weighted by atomic mass is 35.5. The zero-order chi connectivity index (χ0) is 36.6. The van der Waals surface area contributed by atoms with Crippen LogP contribution in [-0.2, 0) is 9.47 Å². The number of fused-ring (bicyclic) bond motifs is 5. The van der Waals surface area contributed by atoms with E-state index in [9.17, 15) is 9.18 Å². The van der Waals surface area contributed by atoms with Crippen molar-refractivity contribution in [1.82, 2.24) is 29.5 Å². The van der Waals surface area contributed by atoms with Gasteiger partial charge in [-0.2, -0.15) is 15.1 Å². The van der Waals surface area contributed by atoms with E-state index >= 15 is 4.39 Å². The van der Waals surface area contributed by atoms with Gasteiger partial charge in [0, 0.05) is 59.6 Å². The van der Waals surface area contributed by atoms with E-state index in [0.29, 0.717) is 65.4 Å². The van der Waals surface area contributed by atoms with Crippen molar-refractivity contribution in [3.63, 3.8) is 0 Å². The summed E-state index contributed by atoms with van der Waals surface area (Å²) in [5, 5.41) is 6.31. The molecule has 9 rings (SSSR count). The third-order valence-corrected chi connectivity index (χ3v) is 12.1. The number of rotatable bonds is 6. The molecule has 2 bridgehead atoms. The molecule has 2 aromatic heterocycles. The Hall–Kier alpha value is -3.81. The number of ether oxygens (including phenoxy) is 3. The maximum Gasteiger partial charge on any atom is 0.410 e. The topological polar surface area (TPSA) is 98.1 Å². The Balaban J connectivity index is 1.11. The number of aromatic nitrogens is 4. The van der Waals surface area contributed by atoms with E-state index in [2.05, 4.69) is 14.9 Å². The van der Waals surface area contributed by atoms with Gasteiger partial charge in [0.15, 0.2) is 12.0 Å². The number of piperazine rings is 1. The zero-order valence-corrected chi connectivity index (χ0v) is 31.2. The van der Waals surface area contributed by atoms with Gasteiger partial charge < -0.3 is 19.1 Å². The Kier molecular flexibility index (Phi) is 8.69. The lowest BCUT2D eigenvalue weighted by atomic mass is 9.95. The van der Waals surface area contributed by atoms with E-state index < -0.39 is 23.1 Å². The molecule has 11 nitrogen and oxygen atoms in total. The van der Waals surface area contributed by atoms with Crippen molar-refractivity contribution in [3.05, 3.63) is 41.3 Å². The molecule has 0 saturated carbocycles. The molecule has 0 N–H and O–H groups in total. The lowest BCUT2D eigenvalue weighted by Gasteiger charge is -2.42. The molecule has 1 amide bonds. The van der Waals surface area contributed by atoms with E-state index in [1.807, 2.05) is 42.5 Å². The van der Waals surface area contributed by atoms with E-state index in [4.69, 9.17) is 35.8 Å². The third-order valence-electron chi connectivity index (χ3n) is 11.8. The maximum absolute atomic E-state index is 17.2. The van der Waals surface area contributed by atoms with Gasteiger partial charge in [0.1, 0.15) is 29.7 Å². The summed E-state index contributed by atoms with van der Waals surface area (Å²) in [6, 6.07) is 7.13. The molecule has 7 heterocycles. The number of carbonyl (C=O) groups excluding carboxylic acids is 1. The molecule has 5 aliphatic rings. The predicted molar refractivity (Wildman–Crippen MR) is 198 cm³/mol. The number of halogens is 3. The Morgan fingerprint density at radius 2 is 1.85 bits per heavy atom. The number of amides is 1. The first-order valence-electron chi connectivity index (χ1n) is 19.0. The first-order chi connectivity index (χ1) is 25.5. The first-order valence-corrected chi connectivity index (χ1v) is 19.4. The number of anilines is 1. The third kappa shape index (κ3) is 6.16. The molecule has 5 saturated heterocycles. The fraction of sp³-hybridized carbons (Fsp3) is 0.590. The van der Waals surface area contributed by atoms with Crippen molar-refractivity contribution in [1.29, 1.82) is 0 Å². The quantitative estimate of drug-likeness (QED) is 0.197. The lowest BCUT2D eigenvalue weighted by Crippen LogP contribution is -2.57. The number of alkyl halides is 1. The molecule has 282 valence electrons. The van der Waals surface area contributed by atoms with Crippen LogP contribution in [0.3, 0.4) is 0 Å². The van der Waals surface area contributed by atoms with Gasteiger partial charge in [-0.1, -0.05) is 17.7 Å². The Morgan fingerprint density at radius 3 is 2.60 bits per heavy atom.